The minimum absolute atomic E-state index is 0.750. The maximum atomic E-state index is 8.81. The number of hydrogen-bond acceptors (Lipinski definition) is 2. The SMILES string of the molecule is C/C=C\c1ccccc1C.CC=O.CO. The average Bonchev–Trinajstić information content (AvgIpc) is 2.26. The summed E-state index contributed by atoms with van der Waals surface area (Å²) in [6.45, 7) is 5.60. The Morgan fingerprint density at radius 2 is 1.60 bits per heavy atom. The van der Waals surface area contributed by atoms with E-state index in [4.69, 9.17) is 9.90 Å². The molecule has 84 valence electrons. The first kappa shape index (κ1) is 16.0. The molecule has 0 heterocycles. The smallest absolute Gasteiger partial charge is 0.116 e. The molecule has 0 amide bonds. The first-order chi connectivity index (χ1) is 7.26. The fourth-order valence-corrected chi connectivity index (χ4v) is 0.953. The van der Waals surface area contributed by atoms with E-state index >= 15 is 0 Å². The third-order valence-electron chi connectivity index (χ3n) is 1.53. The van der Waals surface area contributed by atoms with Crippen LogP contribution in [-0.2, 0) is 4.79 Å². The van der Waals surface area contributed by atoms with Gasteiger partial charge in [0.1, 0.15) is 6.29 Å². The van der Waals surface area contributed by atoms with Crippen molar-refractivity contribution in [3.05, 3.63) is 41.5 Å². The fraction of sp³-hybridized carbons (Fsp3) is 0.308. The molecule has 0 radical (unpaired) electrons. The molecule has 0 fully saturated rings. The Morgan fingerprint density at radius 3 is 2.00 bits per heavy atom. The van der Waals surface area contributed by atoms with E-state index in [9.17, 15) is 0 Å². The Labute approximate surface area is 92.3 Å². The number of rotatable bonds is 1. The lowest BCUT2D eigenvalue weighted by Gasteiger charge is -1.96. The Balaban J connectivity index is 0. The second kappa shape index (κ2) is 12.6. The summed E-state index contributed by atoms with van der Waals surface area (Å²) in [6, 6.07) is 8.36. The largest absolute Gasteiger partial charge is 0.400 e. The average molecular weight is 208 g/mol. The minimum atomic E-state index is 0.750. The molecule has 2 heteroatoms. The zero-order valence-electron chi connectivity index (χ0n) is 9.90. The van der Waals surface area contributed by atoms with Gasteiger partial charge in [0, 0.05) is 7.11 Å². The lowest BCUT2D eigenvalue weighted by molar-refractivity contribution is -0.106. The summed E-state index contributed by atoms with van der Waals surface area (Å²) in [5.41, 5.74) is 2.64. The van der Waals surface area contributed by atoms with E-state index in [0.717, 1.165) is 13.4 Å². The van der Waals surface area contributed by atoms with Crippen LogP contribution in [0.5, 0.6) is 0 Å². The number of aliphatic hydroxyl groups excluding tert-OH is 1. The molecule has 1 aromatic rings. The Morgan fingerprint density at radius 1 is 1.13 bits per heavy atom. The van der Waals surface area contributed by atoms with Gasteiger partial charge in [-0.25, -0.2) is 0 Å². The third-order valence-corrected chi connectivity index (χ3v) is 1.53. The molecular formula is C13H20O2. The molecule has 0 aliphatic carbocycles. The van der Waals surface area contributed by atoms with Gasteiger partial charge in [-0.1, -0.05) is 36.4 Å². The summed E-state index contributed by atoms with van der Waals surface area (Å²) in [5, 5.41) is 7.00. The molecule has 0 atom stereocenters. The van der Waals surface area contributed by atoms with Gasteiger partial charge in [-0.2, -0.15) is 0 Å². The van der Waals surface area contributed by atoms with E-state index in [0.29, 0.717) is 0 Å². The number of aryl methyl sites for hydroxylation is 1. The predicted molar refractivity (Wildman–Crippen MR) is 65.8 cm³/mol. The molecule has 0 aromatic heterocycles. The molecule has 15 heavy (non-hydrogen) atoms. The summed E-state index contributed by atoms with van der Waals surface area (Å²) in [6.07, 6.45) is 4.93. The molecule has 0 saturated carbocycles. The first-order valence-electron chi connectivity index (χ1n) is 4.79. The van der Waals surface area contributed by atoms with E-state index < -0.39 is 0 Å². The third kappa shape index (κ3) is 8.91. The molecule has 0 aliphatic heterocycles. The standard InChI is InChI=1S/C10H12.C2H4O.CH4O/c1-3-6-10-8-5-4-7-9(10)2;1-2-3;1-2/h3-8H,1-2H3;2H,1H3;2H,1H3/b6-3-;;. The number of hydrogen-bond donors (Lipinski definition) is 1. The van der Waals surface area contributed by atoms with Crippen molar-refractivity contribution in [1.29, 1.82) is 0 Å². The molecule has 1 rings (SSSR count). The van der Waals surface area contributed by atoms with Crippen LogP contribution in [0.15, 0.2) is 30.3 Å². The lowest BCUT2D eigenvalue weighted by atomic mass is 10.1. The maximum absolute atomic E-state index is 8.81. The number of carbonyl (C=O) groups excluding carboxylic acids is 1. The van der Waals surface area contributed by atoms with E-state index in [1.54, 1.807) is 0 Å². The van der Waals surface area contributed by atoms with Gasteiger partial charge in [-0.05, 0) is 31.9 Å². The highest BCUT2D eigenvalue weighted by molar-refractivity contribution is 5.52. The Kier molecular flexibility index (Phi) is 13.5. The topological polar surface area (TPSA) is 37.3 Å². The van der Waals surface area contributed by atoms with Crippen LogP contribution in [0.3, 0.4) is 0 Å². The van der Waals surface area contributed by atoms with Crippen molar-refractivity contribution in [3.63, 3.8) is 0 Å². The number of allylic oxidation sites excluding steroid dienone is 1. The quantitative estimate of drug-likeness (QED) is 0.720. The van der Waals surface area contributed by atoms with Crippen LogP contribution in [0, 0.1) is 6.92 Å². The highest BCUT2D eigenvalue weighted by Crippen LogP contribution is 2.07. The van der Waals surface area contributed by atoms with Crippen molar-refractivity contribution < 1.29 is 9.90 Å². The van der Waals surface area contributed by atoms with Crippen LogP contribution in [0.1, 0.15) is 25.0 Å². The van der Waals surface area contributed by atoms with Crippen LogP contribution >= 0.6 is 0 Å². The van der Waals surface area contributed by atoms with Gasteiger partial charge >= 0.3 is 0 Å². The van der Waals surface area contributed by atoms with Gasteiger partial charge in [0.15, 0.2) is 0 Å². The monoisotopic (exact) mass is 208 g/mol. The van der Waals surface area contributed by atoms with Gasteiger partial charge in [0.05, 0.1) is 0 Å². The summed E-state index contributed by atoms with van der Waals surface area (Å²) in [7, 11) is 1.00. The first-order valence-corrected chi connectivity index (χ1v) is 4.79. The summed E-state index contributed by atoms with van der Waals surface area (Å²) in [4.78, 5) is 8.81. The van der Waals surface area contributed by atoms with Crippen molar-refractivity contribution in [2.75, 3.05) is 7.11 Å². The Bertz CT molecular complexity index is 278. The number of benzene rings is 1. The number of carbonyl (C=O) groups is 1. The maximum Gasteiger partial charge on any atom is 0.116 e. The summed E-state index contributed by atoms with van der Waals surface area (Å²) in [5.74, 6) is 0. The van der Waals surface area contributed by atoms with E-state index in [1.165, 1.54) is 18.1 Å². The highest BCUT2D eigenvalue weighted by atomic mass is 16.2. The molecule has 0 saturated heterocycles. The molecule has 0 spiro atoms. The van der Waals surface area contributed by atoms with Crippen LogP contribution < -0.4 is 0 Å². The minimum Gasteiger partial charge on any atom is -0.400 e. The van der Waals surface area contributed by atoms with E-state index in [1.807, 2.05) is 6.92 Å². The van der Waals surface area contributed by atoms with Crippen LogP contribution in [0.2, 0.25) is 0 Å². The normalized spacial score (nSPS) is 8.33. The van der Waals surface area contributed by atoms with Gasteiger partial charge in [-0.15, -0.1) is 0 Å². The van der Waals surface area contributed by atoms with Crippen molar-refractivity contribution in [2.24, 2.45) is 0 Å². The second-order valence-electron chi connectivity index (χ2n) is 2.59. The molecule has 1 N–H and O–H groups in total. The van der Waals surface area contributed by atoms with Crippen molar-refractivity contribution >= 4 is 12.4 Å². The highest BCUT2D eigenvalue weighted by Gasteiger charge is 1.87. The lowest BCUT2D eigenvalue weighted by Crippen LogP contribution is -1.76. The Hall–Kier alpha value is -1.41. The number of aldehydes is 1. The second-order valence-corrected chi connectivity index (χ2v) is 2.59. The van der Waals surface area contributed by atoms with Crippen LogP contribution in [-0.4, -0.2) is 18.5 Å². The van der Waals surface area contributed by atoms with Crippen molar-refractivity contribution in [1.82, 2.24) is 0 Å². The van der Waals surface area contributed by atoms with Gasteiger partial charge in [0.2, 0.25) is 0 Å². The van der Waals surface area contributed by atoms with Gasteiger partial charge in [-0.3, -0.25) is 0 Å². The molecule has 0 unspecified atom stereocenters. The van der Waals surface area contributed by atoms with Crippen molar-refractivity contribution in [3.8, 4) is 0 Å². The van der Waals surface area contributed by atoms with Crippen LogP contribution in [0.25, 0.3) is 6.08 Å². The molecule has 1 aromatic carbocycles. The molecular weight excluding hydrogens is 188 g/mol. The number of aliphatic hydroxyl groups is 1. The summed E-state index contributed by atoms with van der Waals surface area (Å²) >= 11 is 0. The molecule has 0 aliphatic rings. The molecule has 2 nitrogen and oxygen atoms in total. The van der Waals surface area contributed by atoms with Crippen molar-refractivity contribution in [2.45, 2.75) is 20.8 Å². The van der Waals surface area contributed by atoms with Gasteiger partial charge in [0.25, 0.3) is 0 Å². The predicted octanol–water partition coefficient (Wildman–Crippen LogP) is 2.84. The zero-order chi connectivity index (χ0) is 12.1. The van der Waals surface area contributed by atoms with Crippen LogP contribution in [0.4, 0.5) is 0 Å². The summed E-state index contributed by atoms with van der Waals surface area (Å²) < 4.78 is 0. The molecule has 0 bridgehead atoms. The van der Waals surface area contributed by atoms with E-state index in [-0.39, 0.29) is 0 Å². The zero-order valence-corrected chi connectivity index (χ0v) is 9.90. The van der Waals surface area contributed by atoms with E-state index in [2.05, 4.69) is 43.3 Å². The van der Waals surface area contributed by atoms with Gasteiger partial charge < -0.3 is 9.90 Å². The fourth-order valence-electron chi connectivity index (χ4n) is 0.953.